The van der Waals surface area contributed by atoms with Gasteiger partial charge in [0.15, 0.2) is 0 Å². The molecule has 5 nitrogen and oxygen atoms in total. The highest BCUT2D eigenvalue weighted by Crippen LogP contribution is 2.28. The summed E-state index contributed by atoms with van der Waals surface area (Å²) in [5.41, 5.74) is 0.993. The van der Waals surface area contributed by atoms with E-state index in [2.05, 4.69) is 15.9 Å². The smallest absolute Gasteiger partial charge is 0.243 e. The van der Waals surface area contributed by atoms with E-state index < -0.39 is 10.0 Å². The van der Waals surface area contributed by atoms with Gasteiger partial charge < -0.3 is 4.90 Å². The molecule has 0 heterocycles. The van der Waals surface area contributed by atoms with E-state index in [1.807, 2.05) is 38.1 Å². The first-order valence-electron chi connectivity index (χ1n) is 8.84. The van der Waals surface area contributed by atoms with Crippen molar-refractivity contribution in [2.24, 2.45) is 0 Å². The van der Waals surface area contributed by atoms with E-state index in [-0.39, 0.29) is 23.4 Å². The van der Waals surface area contributed by atoms with Gasteiger partial charge in [-0.15, -0.1) is 0 Å². The Bertz CT molecular complexity index is 872. The first kappa shape index (κ1) is 21.6. The minimum absolute atomic E-state index is 0.166. The molecule has 0 spiro atoms. The van der Waals surface area contributed by atoms with Crippen molar-refractivity contribution in [2.45, 2.75) is 31.2 Å². The molecule has 0 fully saturated rings. The number of nitrogens with zero attached hydrogens (tertiary/aromatic N) is 2. The summed E-state index contributed by atoms with van der Waals surface area (Å²) in [7, 11) is -2.27. The van der Waals surface area contributed by atoms with Crippen LogP contribution in [0, 0.1) is 0 Å². The van der Waals surface area contributed by atoms with E-state index >= 15 is 0 Å². The molecule has 0 bridgehead atoms. The van der Waals surface area contributed by atoms with Crippen LogP contribution >= 0.6 is 15.9 Å². The Morgan fingerprint density at radius 1 is 1.07 bits per heavy atom. The molecule has 1 amide bonds. The zero-order chi connectivity index (χ0) is 20.0. The van der Waals surface area contributed by atoms with Crippen molar-refractivity contribution in [1.29, 1.82) is 0 Å². The van der Waals surface area contributed by atoms with Crippen LogP contribution in [-0.2, 0) is 14.8 Å². The van der Waals surface area contributed by atoms with Gasteiger partial charge in [-0.05, 0) is 37.1 Å². The van der Waals surface area contributed by atoms with E-state index in [1.54, 1.807) is 23.1 Å². The number of hydrogen-bond acceptors (Lipinski definition) is 3. The zero-order valence-electron chi connectivity index (χ0n) is 15.8. The Morgan fingerprint density at radius 2 is 1.67 bits per heavy atom. The standard InChI is InChI=1S/C20H25BrN2O3S/c1-4-14-23(16(2)18-12-8-9-13-19(18)21)20(24)15-22(3)27(25,26)17-10-6-5-7-11-17/h5-13,16H,4,14-15H2,1-3H3. The molecule has 0 aliphatic carbocycles. The van der Waals surface area contributed by atoms with Crippen molar-refractivity contribution in [2.75, 3.05) is 20.1 Å². The number of benzene rings is 2. The maximum absolute atomic E-state index is 13.0. The minimum Gasteiger partial charge on any atom is -0.335 e. The Kier molecular flexibility index (Phi) is 7.59. The maximum Gasteiger partial charge on any atom is 0.243 e. The average molecular weight is 453 g/mol. The van der Waals surface area contributed by atoms with E-state index in [0.29, 0.717) is 6.54 Å². The third kappa shape index (κ3) is 5.18. The summed E-state index contributed by atoms with van der Waals surface area (Å²) in [4.78, 5) is 14.9. The zero-order valence-corrected chi connectivity index (χ0v) is 18.2. The largest absolute Gasteiger partial charge is 0.335 e. The van der Waals surface area contributed by atoms with E-state index in [0.717, 1.165) is 20.8 Å². The van der Waals surface area contributed by atoms with Crippen LogP contribution in [0.25, 0.3) is 0 Å². The van der Waals surface area contributed by atoms with Gasteiger partial charge in [0.25, 0.3) is 0 Å². The normalized spacial score (nSPS) is 12.8. The first-order chi connectivity index (χ1) is 12.8. The number of rotatable bonds is 8. The highest BCUT2D eigenvalue weighted by molar-refractivity contribution is 9.10. The van der Waals surface area contributed by atoms with Crippen LogP contribution in [0.15, 0.2) is 64.0 Å². The van der Waals surface area contributed by atoms with Crippen LogP contribution in [0.4, 0.5) is 0 Å². The number of carbonyl (C=O) groups excluding carboxylic acids is 1. The Morgan fingerprint density at radius 3 is 2.26 bits per heavy atom. The Balaban J connectivity index is 2.21. The van der Waals surface area contributed by atoms with Gasteiger partial charge in [-0.3, -0.25) is 4.79 Å². The predicted octanol–water partition coefficient (Wildman–Crippen LogP) is 4.07. The van der Waals surface area contributed by atoms with Crippen molar-refractivity contribution in [3.05, 3.63) is 64.6 Å². The number of amides is 1. The molecule has 1 atom stereocenters. The summed E-state index contributed by atoms with van der Waals surface area (Å²) in [6, 6.07) is 15.7. The Labute approximate surface area is 170 Å². The maximum atomic E-state index is 13.0. The monoisotopic (exact) mass is 452 g/mol. The number of likely N-dealkylation sites (N-methyl/N-ethyl adjacent to an activating group) is 1. The summed E-state index contributed by atoms with van der Waals surface area (Å²) in [5, 5.41) is 0. The van der Waals surface area contributed by atoms with Gasteiger partial charge in [-0.2, -0.15) is 4.31 Å². The number of halogens is 1. The lowest BCUT2D eigenvalue weighted by molar-refractivity contribution is -0.133. The molecule has 0 aliphatic heterocycles. The van der Waals surface area contributed by atoms with Crippen LogP contribution in [0.1, 0.15) is 31.9 Å². The van der Waals surface area contributed by atoms with Crippen molar-refractivity contribution in [3.63, 3.8) is 0 Å². The fourth-order valence-corrected chi connectivity index (χ4v) is 4.65. The highest BCUT2D eigenvalue weighted by Gasteiger charge is 2.27. The van der Waals surface area contributed by atoms with Crippen LogP contribution in [0.2, 0.25) is 0 Å². The molecule has 0 saturated carbocycles. The van der Waals surface area contributed by atoms with E-state index in [9.17, 15) is 13.2 Å². The molecular weight excluding hydrogens is 428 g/mol. The van der Waals surface area contributed by atoms with Gasteiger partial charge in [-0.1, -0.05) is 59.3 Å². The molecule has 7 heteroatoms. The molecule has 0 aromatic heterocycles. The molecule has 0 radical (unpaired) electrons. The summed E-state index contributed by atoms with van der Waals surface area (Å²) in [6.45, 7) is 4.31. The fraction of sp³-hybridized carbons (Fsp3) is 0.350. The summed E-state index contributed by atoms with van der Waals surface area (Å²) in [5.74, 6) is -0.220. The van der Waals surface area contributed by atoms with E-state index in [1.165, 1.54) is 19.2 Å². The van der Waals surface area contributed by atoms with Crippen LogP contribution in [0.5, 0.6) is 0 Å². The molecule has 0 saturated heterocycles. The number of carbonyl (C=O) groups is 1. The van der Waals surface area contributed by atoms with Crippen molar-refractivity contribution in [1.82, 2.24) is 9.21 Å². The quantitative estimate of drug-likeness (QED) is 0.606. The van der Waals surface area contributed by atoms with Crippen molar-refractivity contribution in [3.8, 4) is 0 Å². The third-order valence-electron chi connectivity index (χ3n) is 4.42. The lowest BCUT2D eigenvalue weighted by atomic mass is 10.1. The third-order valence-corrected chi connectivity index (χ3v) is 6.96. The van der Waals surface area contributed by atoms with Crippen molar-refractivity contribution >= 4 is 31.9 Å². The molecule has 2 aromatic carbocycles. The summed E-state index contributed by atoms with van der Waals surface area (Å²) >= 11 is 3.53. The summed E-state index contributed by atoms with van der Waals surface area (Å²) < 4.78 is 27.4. The minimum atomic E-state index is -3.70. The lowest BCUT2D eigenvalue weighted by Gasteiger charge is -2.31. The first-order valence-corrected chi connectivity index (χ1v) is 11.1. The van der Waals surface area contributed by atoms with Crippen LogP contribution in [-0.4, -0.2) is 43.7 Å². The fourth-order valence-electron chi connectivity index (χ4n) is 2.90. The highest BCUT2D eigenvalue weighted by atomic mass is 79.9. The Hall–Kier alpha value is -1.70. The lowest BCUT2D eigenvalue weighted by Crippen LogP contribution is -2.42. The van der Waals surface area contributed by atoms with Gasteiger partial charge in [0.1, 0.15) is 0 Å². The second kappa shape index (κ2) is 9.48. The molecule has 2 aromatic rings. The van der Waals surface area contributed by atoms with E-state index in [4.69, 9.17) is 0 Å². The SMILES string of the molecule is CCCN(C(=O)CN(C)S(=O)(=O)c1ccccc1)C(C)c1ccccc1Br. The predicted molar refractivity (Wildman–Crippen MR) is 111 cm³/mol. The van der Waals surface area contributed by atoms with Gasteiger partial charge in [0.05, 0.1) is 17.5 Å². The summed E-state index contributed by atoms with van der Waals surface area (Å²) in [6.07, 6.45) is 0.787. The molecule has 0 aliphatic rings. The number of sulfonamides is 1. The molecular formula is C20H25BrN2O3S. The van der Waals surface area contributed by atoms with Gasteiger partial charge in [0, 0.05) is 18.1 Å². The van der Waals surface area contributed by atoms with Crippen LogP contribution in [0.3, 0.4) is 0 Å². The van der Waals surface area contributed by atoms with Gasteiger partial charge in [-0.25, -0.2) is 8.42 Å². The van der Waals surface area contributed by atoms with Gasteiger partial charge in [0.2, 0.25) is 15.9 Å². The second-order valence-corrected chi connectivity index (χ2v) is 9.26. The number of hydrogen-bond donors (Lipinski definition) is 0. The molecule has 2 rings (SSSR count). The topological polar surface area (TPSA) is 57.7 Å². The molecule has 146 valence electrons. The van der Waals surface area contributed by atoms with Gasteiger partial charge >= 0.3 is 0 Å². The molecule has 0 N–H and O–H groups in total. The average Bonchev–Trinajstić information content (AvgIpc) is 2.66. The van der Waals surface area contributed by atoms with Crippen LogP contribution < -0.4 is 0 Å². The van der Waals surface area contributed by atoms with Crippen molar-refractivity contribution < 1.29 is 13.2 Å². The molecule has 27 heavy (non-hydrogen) atoms. The second-order valence-electron chi connectivity index (χ2n) is 6.36. The molecule has 1 unspecified atom stereocenters.